The summed E-state index contributed by atoms with van der Waals surface area (Å²) < 4.78 is 0. The Kier molecular flexibility index (Phi) is 3.31. The first-order valence-corrected chi connectivity index (χ1v) is 7.58. The molecule has 7 heteroatoms. The predicted octanol–water partition coefficient (Wildman–Crippen LogP) is 2.81. The fraction of sp³-hybridized carbons (Fsp3) is 0.0833. The van der Waals surface area contributed by atoms with Crippen LogP contribution in [-0.2, 0) is 0 Å². The molecular formula is C12H11N5S2. The molecule has 2 aromatic heterocycles. The third-order valence-electron chi connectivity index (χ3n) is 2.51. The number of aromatic amines is 1. The Hall–Kier alpha value is -1.73. The van der Waals surface area contributed by atoms with Crippen LogP contribution < -0.4 is 5.73 Å². The van der Waals surface area contributed by atoms with Crippen LogP contribution in [0.4, 0.5) is 5.69 Å². The molecule has 2 heterocycles. The van der Waals surface area contributed by atoms with E-state index in [2.05, 4.69) is 19.9 Å². The highest BCUT2D eigenvalue weighted by atomic mass is 32.2. The van der Waals surface area contributed by atoms with Gasteiger partial charge in [-0.25, -0.2) is 15.0 Å². The molecule has 5 nitrogen and oxygen atoms in total. The van der Waals surface area contributed by atoms with Crippen molar-refractivity contribution >= 4 is 40.2 Å². The lowest BCUT2D eigenvalue weighted by molar-refractivity contribution is 0.957. The standard InChI is InChI=1S/C12H11N5S2/c1-18-10-5-11(15-6-14-10)19-12-16-8-3-2-7(13)4-9(8)17-12/h2-6H,13H2,1H3,(H,16,17). The number of nitrogens with two attached hydrogens (primary N) is 1. The van der Waals surface area contributed by atoms with Crippen LogP contribution in [0.5, 0.6) is 0 Å². The second kappa shape index (κ2) is 5.10. The van der Waals surface area contributed by atoms with Crippen LogP contribution in [0.2, 0.25) is 0 Å². The summed E-state index contributed by atoms with van der Waals surface area (Å²) >= 11 is 3.07. The molecule has 3 aromatic rings. The Morgan fingerprint density at radius 2 is 2.00 bits per heavy atom. The van der Waals surface area contributed by atoms with E-state index in [9.17, 15) is 0 Å². The average molecular weight is 289 g/mol. The first-order chi connectivity index (χ1) is 9.24. The Morgan fingerprint density at radius 1 is 1.16 bits per heavy atom. The number of H-pyrrole nitrogens is 1. The number of thioether (sulfide) groups is 1. The predicted molar refractivity (Wildman–Crippen MR) is 78.4 cm³/mol. The summed E-state index contributed by atoms with van der Waals surface area (Å²) in [5.41, 5.74) is 8.30. The lowest BCUT2D eigenvalue weighted by Gasteiger charge is -1.98. The van der Waals surface area contributed by atoms with Crippen molar-refractivity contribution in [3.05, 3.63) is 30.6 Å². The van der Waals surface area contributed by atoms with Gasteiger partial charge in [-0.1, -0.05) is 0 Å². The number of hydrogen-bond acceptors (Lipinski definition) is 6. The largest absolute Gasteiger partial charge is 0.399 e. The molecule has 0 fully saturated rings. The van der Waals surface area contributed by atoms with Crippen molar-refractivity contribution in [2.24, 2.45) is 0 Å². The maximum absolute atomic E-state index is 5.75. The molecule has 0 atom stereocenters. The minimum atomic E-state index is 0.722. The minimum Gasteiger partial charge on any atom is -0.399 e. The highest BCUT2D eigenvalue weighted by Gasteiger charge is 2.06. The molecular weight excluding hydrogens is 278 g/mol. The van der Waals surface area contributed by atoms with Gasteiger partial charge in [-0.3, -0.25) is 0 Å². The first kappa shape index (κ1) is 12.3. The summed E-state index contributed by atoms with van der Waals surface area (Å²) in [5.74, 6) is 0. The number of aromatic nitrogens is 4. The summed E-state index contributed by atoms with van der Waals surface area (Å²) in [4.78, 5) is 16.1. The van der Waals surface area contributed by atoms with Gasteiger partial charge in [-0.15, -0.1) is 11.8 Å². The second-order valence-corrected chi connectivity index (χ2v) is 5.65. The van der Waals surface area contributed by atoms with Crippen molar-refractivity contribution < 1.29 is 0 Å². The van der Waals surface area contributed by atoms with Crippen molar-refractivity contribution in [3.63, 3.8) is 0 Å². The van der Waals surface area contributed by atoms with E-state index >= 15 is 0 Å². The Morgan fingerprint density at radius 3 is 2.84 bits per heavy atom. The van der Waals surface area contributed by atoms with Crippen LogP contribution in [0.15, 0.2) is 45.8 Å². The van der Waals surface area contributed by atoms with E-state index < -0.39 is 0 Å². The number of nitrogens with zero attached hydrogens (tertiary/aromatic N) is 3. The number of fused-ring (bicyclic) bond motifs is 1. The highest BCUT2D eigenvalue weighted by Crippen LogP contribution is 2.27. The van der Waals surface area contributed by atoms with Crippen molar-refractivity contribution in [2.75, 3.05) is 12.0 Å². The van der Waals surface area contributed by atoms with Crippen LogP contribution in [0.3, 0.4) is 0 Å². The molecule has 0 spiro atoms. The molecule has 0 saturated heterocycles. The van der Waals surface area contributed by atoms with E-state index in [4.69, 9.17) is 5.73 Å². The zero-order valence-electron chi connectivity index (χ0n) is 10.1. The fourth-order valence-corrected chi connectivity index (χ4v) is 2.87. The molecule has 0 aliphatic heterocycles. The number of rotatable bonds is 3. The maximum atomic E-state index is 5.75. The zero-order chi connectivity index (χ0) is 13.2. The summed E-state index contributed by atoms with van der Waals surface area (Å²) in [5, 5.41) is 2.61. The third-order valence-corrected chi connectivity index (χ3v) is 3.97. The van der Waals surface area contributed by atoms with E-state index in [0.717, 1.165) is 31.9 Å². The van der Waals surface area contributed by atoms with Crippen molar-refractivity contribution in [1.29, 1.82) is 0 Å². The molecule has 0 aliphatic rings. The lowest BCUT2D eigenvalue weighted by Crippen LogP contribution is -1.85. The van der Waals surface area contributed by atoms with Crippen LogP contribution in [0.1, 0.15) is 0 Å². The molecule has 0 bridgehead atoms. The van der Waals surface area contributed by atoms with Gasteiger partial charge < -0.3 is 10.7 Å². The van der Waals surface area contributed by atoms with Gasteiger partial charge in [0, 0.05) is 11.8 Å². The van der Waals surface area contributed by atoms with Crippen LogP contribution in [-0.4, -0.2) is 26.2 Å². The molecule has 3 N–H and O–H groups in total. The van der Waals surface area contributed by atoms with Gasteiger partial charge >= 0.3 is 0 Å². The monoisotopic (exact) mass is 289 g/mol. The van der Waals surface area contributed by atoms with Gasteiger partial charge in [0.2, 0.25) is 0 Å². The molecule has 96 valence electrons. The number of nitrogen functional groups attached to an aromatic ring is 1. The first-order valence-electron chi connectivity index (χ1n) is 5.54. The summed E-state index contributed by atoms with van der Waals surface area (Å²) in [6.07, 6.45) is 3.55. The van der Waals surface area contributed by atoms with Crippen LogP contribution in [0.25, 0.3) is 11.0 Å². The van der Waals surface area contributed by atoms with Crippen molar-refractivity contribution in [3.8, 4) is 0 Å². The highest BCUT2D eigenvalue weighted by molar-refractivity contribution is 7.99. The molecule has 3 rings (SSSR count). The maximum Gasteiger partial charge on any atom is 0.172 e. The number of hydrogen-bond donors (Lipinski definition) is 2. The number of anilines is 1. The van der Waals surface area contributed by atoms with Gasteiger partial charge in [0.1, 0.15) is 16.4 Å². The van der Waals surface area contributed by atoms with Gasteiger partial charge in [0.05, 0.1) is 11.0 Å². The normalized spacial score (nSPS) is 11.0. The molecule has 19 heavy (non-hydrogen) atoms. The van der Waals surface area contributed by atoms with Crippen LogP contribution in [0, 0.1) is 0 Å². The number of benzene rings is 1. The smallest absolute Gasteiger partial charge is 0.172 e. The molecule has 0 amide bonds. The van der Waals surface area contributed by atoms with Gasteiger partial charge in [-0.05, 0) is 36.2 Å². The van der Waals surface area contributed by atoms with E-state index in [1.807, 2.05) is 30.5 Å². The second-order valence-electron chi connectivity index (χ2n) is 3.82. The quantitative estimate of drug-likeness (QED) is 0.438. The van der Waals surface area contributed by atoms with E-state index in [0.29, 0.717) is 0 Å². The lowest BCUT2D eigenvalue weighted by atomic mass is 10.3. The van der Waals surface area contributed by atoms with Gasteiger partial charge in [-0.2, -0.15) is 0 Å². The summed E-state index contributed by atoms with van der Waals surface area (Å²) in [6.45, 7) is 0. The topological polar surface area (TPSA) is 80.5 Å². The van der Waals surface area contributed by atoms with E-state index in [1.165, 1.54) is 11.8 Å². The summed E-state index contributed by atoms with van der Waals surface area (Å²) in [7, 11) is 0. The number of imidazole rings is 1. The molecule has 0 unspecified atom stereocenters. The average Bonchev–Trinajstić information content (AvgIpc) is 2.80. The fourth-order valence-electron chi connectivity index (χ4n) is 1.64. The minimum absolute atomic E-state index is 0.722. The van der Waals surface area contributed by atoms with Crippen molar-refractivity contribution in [2.45, 2.75) is 15.2 Å². The van der Waals surface area contributed by atoms with Crippen molar-refractivity contribution in [1.82, 2.24) is 19.9 Å². The SMILES string of the molecule is CSc1cc(Sc2nc3ccc(N)cc3[nH]2)ncn1. The Bertz CT molecular complexity index is 725. The molecule has 0 radical (unpaired) electrons. The number of nitrogens with one attached hydrogen (secondary N) is 1. The van der Waals surface area contributed by atoms with Crippen LogP contribution >= 0.6 is 23.5 Å². The molecule has 0 aliphatic carbocycles. The zero-order valence-corrected chi connectivity index (χ0v) is 11.8. The molecule has 1 aromatic carbocycles. The van der Waals surface area contributed by atoms with E-state index in [-0.39, 0.29) is 0 Å². The third kappa shape index (κ3) is 2.66. The van der Waals surface area contributed by atoms with Gasteiger partial charge in [0.15, 0.2) is 5.16 Å². The Balaban J connectivity index is 1.92. The molecule has 0 saturated carbocycles. The summed E-state index contributed by atoms with van der Waals surface area (Å²) in [6, 6.07) is 7.56. The van der Waals surface area contributed by atoms with E-state index in [1.54, 1.807) is 18.1 Å². The Labute approximate surface area is 118 Å². The van der Waals surface area contributed by atoms with Gasteiger partial charge in [0.25, 0.3) is 0 Å².